The van der Waals surface area contributed by atoms with Crippen LogP contribution in [0.4, 0.5) is 5.13 Å². The zero-order chi connectivity index (χ0) is 12.2. The van der Waals surface area contributed by atoms with Crippen molar-refractivity contribution in [3.05, 3.63) is 11.1 Å². The second-order valence-corrected chi connectivity index (χ2v) is 4.78. The molecule has 90 valence electrons. The van der Waals surface area contributed by atoms with E-state index >= 15 is 0 Å². The monoisotopic (exact) mass is 242 g/mol. The van der Waals surface area contributed by atoms with E-state index < -0.39 is 0 Å². The van der Waals surface area contributed by atoms with Crippen molar-refractivity contribution in [2.24, 2.45) is 0 Å². The lowest BCUT2D eigenvalue weighted by molar-refractivity contribution is 0.0595. The fourth-order valence-corrected chi connectivity index (χ4v) is 2.04. The Morgan fingerprint density at radius 3 is 2.69 bits per heavy atom. The minimum atomic E-state index is -0.390. The topological polar surface area (TPSA) is 51.2 Å². The first kappa shape index (κ1) is 13.0. The Morgan fingerprint density at radius 2 is 2.19 bits per heavy atom. The molecular weight excluding hydrogens is 224 g/mol. The van der Waals surface area contributed by atoms with Gasteiger partial charge in [-0.1, -0.05) is 13.8 Å². The van der Waals surface area contributed by atoms with E-state index in [1.807, 2.05) is 0 Å². The minimum Gasteiger partial charge on any atom is -0.464 e. The number of carbonyl (C=O) groups excluding carboxylic acids is 1. The van der Waals surface area contributed by atoms with E-state index in [-0.39, 0.29) is 11.5 Å². The molecule has 0 aliphatic rings. The van der Waals surface area contributed by atoms with Gasteiger partial charge in [0.15, 0.2) is 10.8 Å². The van der Waals surface area contributed by atoms with Crippen LogP contribution >= 0.6 is 11.3 Å². The summed E-state index contributed by atoms with van der Waals surface area (Å²) in [5.41, 5.74) is 0.398. The van der Waals surface area contributed by atoms with Crippen molar-refractivity contribution in [1.82, 2.24) is 4.98 Å². The number of anilines is 1. The van der Waals surface area contributed by atoms with E-state index in [9.17, 15) is 4.79 Å². The maximum Gasteiger partial charge on any atom is 0.357 e. The molecule has 4 nitrogen and oxygen atoms in total. The highest BCUT2D eigenvalue weighted by atomic mass is 32.1. The van der Waals surface area contributed by atoms with E-state index in [1.165, 1.54) is 18.4 Å². The van der Waals surface area contributed by atoms with E-state index in [1.54, 1.807) is 5.38 Å². The predicted octanol–water partition coefficient (Wildman–Crippen LogP) is 2.92. The smallest absolute Gasteiger partial charge is 0.357 e. The van der Waals surface area contributed by atoms with Crippen LogP contribution in [0.3, 0.4) is 0 Å². The van der Waals surface area contributed by atoms with Gasteiger partial charge >= 0.3 is 5.97 Å². The van der Waals surface area contributed by atoms with Gasteiger partial charge in [0.25, 0.3) is 0 Å². The van der Waals surface area contributed by atoms with E-state index in [0.29, 0.717) is 5.69 Å². The van der Waals surface area contributed by atoms with Gasteiger partial charge in [0.1, 0.15) is 0 Å². The zero-order valence-electron chi connectivity index (χ0n) is 10.2. The molecule has 1 N–H and O–H groups in total. The van der Waals surface area contributed by atoms with Gasteiger partial charge in [-0.15, -0.1) is 11.3 Å². The number of methoxy groups -OCH3 is 1. The molecule has 0 bridgehead atoms. The molecule has 0 aromatic carbocycles. The molecule has 0 spiro atoms. The molecule has 5 heteroatoms. The molecule has 1 heterocycles. The largest absolute Gasteiger partial charge is 0.464 e. The summed E-state index contributed by atoms with van der Waals surface area (Å²) in [6.07, 6.45) is 2.02. The van der Waals surface area contributed by atoms with Gasteiger partial charge in [-0.05, 0) is 19.8 Å². The van der Waals surface area contributed by atoms with Gasteiger partial charge in [-0.3, -0.25) is 0 Å². The Kier molecular flexibility index (Phi) is 4.29. The minimum absolute atomic E-state index is 0.0330. The van der Waals surface area contributed by atoms with Crippen molar-refractivity contribution in [2.45, 2.75) is 39.2 Å². The molecule has 0 amide bonds. The van der Waals surface area contributed by atoms with E-state index in [0.717, 1.165) is 18.0 Å². The fourth-order valence-electron chi connectivity index (χ4n) is 1.21. The molecule has 1 rings (SSSR count). The fraction of sp³-hybridized carbons (Fsp3) is 0.636. The molecule has 0 unspecified atom stereocenters. The lowest BCUT2D eigenvalue weighted by Gasteiger charge is -2.27. The molecule has 1 aromatic rings. The average Bonchev–Trinajstić information content (AvgIpc) is 2.76. The van der Waals surface area contributed by atoms with Crippen molar-refractivity contribution in [2.75, 3.05) is 12.4 Å². The predicted molar refractivity (Wildman–Crippen MR) is 66.1 cm³/mol. The van der Waals surface area contributed by atoms with Crippen LogP contribution in [0.2, 0.25) is 0 Å². The first-order chi connectivity index (χ1) is 7.54. The molecule has 0 fully saturated rings. The van der Waals surface area contributed by atoms with Crippen LogP contribution in [-0.4, -0.2) is 23.6 Å². The number of carbonyl (C=O) groups is 1. The second-order valence-electron chi connectivity index (χ2n) is 3.92. The third-order valence-corrected chi connectivity index (χ3v) is 3.63. The Bertz CT molecular complexity index is 359. The van der Waals surface area contributed by atoms with Crippen LogP contribution in [0.15, 0.2) is 5.38 Å². The van der Waals surface area contributed by atoms with Crippen molar-refractivity contribution in [3.8, 4) is 0 Å². The molecule has 0 saturated heterocycles. The Balaban J connectivity index is 2.75. The van der Waals surface area contributed by atoms with Crippen molar-refractivity contribution >= 4 is 22.4 Å². The number of hydrogen-bond donors (Lipinski definition) is 1. The maximum absolute atomic E-state index is 11.2. The maximum atomic E-state index is 11.2. The molecule has 0 aliphatic carbocycles. The number of hydrogen-bond acceptors (Lipinski definition) is 5. The standard InChI is InChI=1S/C11H18N2O2S/c1-5-11(3,6-2)13-10-12-8(7-16-10)9(14)15-4/h7H,5-6H2,1-4H3,(H,12,13). The van der Waals surface area contributed by atoms with E-state index in [4.69, 9.17) is 0 Å². The second kappa shape index (κ2) is 5.30. The van der Waals surface area contributed by atoms with Gasteiger partial charge in [-0.2, -0.15) is 0 Å². The first-order valence-electron chi connectivity index (χ1n) is 5.36. The SMILES string of the molecule is CCC(C)(CC)Nc1nc(C(=O)OC)cs1. The quantitative estimate of drug-likeness (QED) is 0.807. The Morgan fingerprint density at radius 1 is 1.56 bits per heavy atom. The van der Waals surface area contributed by atoms with Crippen molar-refractivity contribution < 1.29 is 9.53 Å². The molecule has 1 aromatic heterocycles. The van der Waals surface area contributed by atoms with Crippen molar-refractivity contribution in [3.63, 3.8) is 0 Å². The highest BCUT2D eigenvalue weighted by Gasteiger charge is 2.21. The lowest BCUT2D eigenvalue weighted by Crippen LogP contribution is -2.32. The van der Waals surface area contributed by atoms with Gasteiger partial charge < -0.3 is 10.1 Å². The molecule has 0 aliphatic heterocycles. The highest BCUT2D eigenvalue weighted by molar-refractivity contribution is 7.13. The third-order valence-electron chi connectivity index (χ3n) is 2.87. The number of thiazole rings is 1. The number of nitrogens with zero attached hydrogens (tertiary/aromatic N) is 1. The molecule has 0 atom stereocenters. The van der Waals surface area contributed by atoms with Gasteiger partial charge in [0.05, 0.1) is 7.11 Å². The number of ether oxygens (including phenoxy) is 1. The highest BCUT2D eigenvalue weighted by Crippen LogP contribution is 2.24. The van der Waals surface area contributed by atoms with Crippen LogP contribution < -0.4 is 5.32 Å². The Labute approximate surface area is 100 Å². The number of nitrogens with one attached hydrogen (secondary N) is 1. The summed E-state index contributed by atoms with van der Waals surface area (Å²) in [7, 11) is 1.36. The summed E-state index contributed by atoms with van der Waals surface area (Å²) in [6.45, 7) is 6.41. The van der Waals surface area contributed by atoms with Crippen LogP contribution in [0.25, 0.3) is 0 Å². The molecule has 0 saturated carbocycles. The summed E-state index contributed by atoms with van der Waals surface area (Å²) < 4.78 is 4.61. The number of rotatable bonds is 5. The summed E-state index contributed by atoms with van der Waals surface area (Å²) in [6, 6.07) is 0. The van der Waals surface area contributed by atoms with Gasteiger partial charge in [0.2, 0.25) is 0 Å². The summed E-state index contributed by atoms with van der Waals surface area (Å²) >= 11 is 1.43. The average molecular weight is 242 g/mol. The molecule has 16 heavy (non-hydrogen) atoms. The summed E-state index contributed by atoms with van der Waals surface area (Å²) in [5, 5.41) is 5.83. The van der Waals surface area contributed by atoms with Crippen LogP contribution in [-0.2, 0) is 4.74 Å². The van der Waals surface area contributed by atoms with Crippen LogP contribution in [0.5, 0.6) is 0 Å². The number of aromatic nitrogens is 1. The zero-order valence-corrected chi connectivity index (χ0v) is 11.0. The van der Waals surface area contributed by atoms with Crippen LogP contribution in [0, 0.1) is 0 Å². The van der Waals surface area contributed by atoms with E-state index in [2.05, 4.69) is 35.8 Å². The summed E-state index contributed by atoms with van der Waals surface area (Å²) in [5.74, 6) is -0.390. The lowest BCUT2D eigenvalue weighted by atomic mass is 9.96. The van der Waals surface area contributed by atoms with Crippen LogP contribution in [0.1, 0.15) is 44.1 Å². The number of esters is 1. The molecule has 0 radical (unpaired) electrons. The van der Waals surface area contributed by atoms with Crippen molar-refractivity contribution in [1.29, 1.82) is 0 Å². The third kappa shape index (κ3) is 2.95. The summed E-state index contributed by atoms with van der Waals surface area (Å²) in [4.78, 5) is 15.4. The normalized spacial score (nSPS) is 11.2. The first-order valence-corrected chi connectivity index (χ1v) is 6.24. The van der Waals surface area contributed by atoms with Gasteiger partial charge in [-0.25, -0.2) is 9.78 Å². The Hall–Kier alpha value is -1.10. The molecular formula is C11H18N2O2S. The van der Waals surface area contributed by atoms with Gasteiger partial charge in [0, 0.05) is 10.9 Å².